The first-order valence-electron chi connectivity index (χ1n) is 50.2. The van der Waals surface area contributed by atoms with Gasteiger partial charge in [-0.25, -0.2) is 19.9 Å². The van der Waals surface area contributed by atoms with E-state index < -0.39 is 0 Å². The van der Waals surface area contributed by atoms with Crippen LogP contribution < -0.4 is 0 Å². The number of thioether (sulfide) groups is 8. The summed E-state index contributed by atoms with van der Waals surface area (Å²) in [5.41, 5.74) is 15.5. The zero-order chi connectivity index (χ0) is 106. The summed E-state index contributed by atoms with van der Waals surface area (Å²) in [6.45, 7) is 108. The first-order chi connectivity index (χ1) is 61.9. The minimum Gasteiger partial charge on any atom is -0.449 e. The monoisotopic (exact) mass is 2100 g/mol. The Morgan fingerprint density at radius 3 is 1.06 bits per heavy atom. The SMILES string of the molecule is CC(C)(C)CSCCc1cc(C(C)(C)C)on1.CC(C)(C)CSCCc1nc(C(C)(C)C)co1.CC(C)(C)CSCCc1nc(C(C)(C)C)cs1.CC(C)(C)CSCCc1ncc(C(C)(C)C)o1.CC(C)(C)CSCCc1ncc(C(C)(C)C)s1.CC(C)(C)CSCCc1nocc1C(C)(C)C.CC(C)(C)CSCCc1nscc1C(C)(C)C.Cn1nc(CCSCC(C)(C)C)cc1C(C)(C)C. The van der Waals surface area contributed by atoms with Crippen LogP contribution in [0.25, 0.3) is 0 Å². The van der Waals surface area contributed by atoms with Gasteiger partial charge in [-0.1, -0.05) is 343 Å². The molecule has 0 unspecified atom stereocenters. The highest BCUT2D eigenvalue weighted by Gasteiger charge is 2.28. The number of aryl methyl sites for hydroxylation is 9. The Morgan fingerprint density at radius 2 is 0.708 bits per heavy atom. The minimum absolute atomic E-state index is 0.0593. The molecule has 790 valence electrons. The van der Waals surface area contributed by atoms with E-state index in [4.69, 9.17) is 22.9 Å². The highest BCUT2D eigenvalue weighted by Crippen LogP contribution is 2.36. The van der Waals surface area contributed by atoms with E-state index in [-0.39, 0.29) is 43.3 Å². The second-order valence-corrected chi connectivity index (χ2v) is 66.1. The maximum absolute atomic E-state index is 5.76. The Kier molecular flexibility index (Phi) is 57.2. The van der Waals surface area contributed by atoms with Gasteiger partial charge in [0.15, 0.2) is 11.8 Å². The van der Waals surface area contributed by atoms with Crippen molar-refractivity contribution in [2.24, 2.45) is 50.4 Å². The van der Waals surface area contributed by atoms with Crippen LogP contribution in [0.2, 0.25) is 0 Å². The smallest absolute Gasteiger partial charge is 0.195 e. The van der Waals surface area contributed by atoms with Gasteiger partial charge in [-0.2, -0.15) is 104 Å². The average Bonchev–Trinajstić information content (AvgIpc) is 1.69. The maximum atomic E-state index is 5.76. The molecule has 0 radical (unpaired) electrons. The zero-order valence-corrected chi connectivity index (χ0v) is 106. The fourth-order valence-corrected chi connectivity index (χ4v) is 23.6. The lowest BCUT2D eigenvalue weighted by atomic mass is 9.87. The van der Waals surface area contributed by atoms with Gasteiger partial charge in [-0.15, -0.1) is 22.7 Å². The van der Waals surface area contributed by atoms with Crippen molar-refractivity contribution < 1.29 is 17.9 Å². The van der Waals surface area contributed by atoms with Gasteiger partial charge in [0.25, 0.3) is 0 Å². The Hall–Kier alpha value is -2.26. The molecule has 0 aromatic carbocycles. The molecule has 0 fully saturated rings. The van der Waals surface area contributed by atoms with E-state index in [9.17, 15) is 0 Å². The predicted octanol–water partition coefficient (Wildman–Crippen LogP) is 35.5. The van der Waals surface area contributed by atoms with Crippen LogP contribution in [0.15, 0.2) is 65.7 Å². The molecule has 0 N–H and O–H groups in total. The largest absolute Gasteiger partial charge is 0.449 e. The highest BCUT2D eigenvalue weighted by atomic mass is 32.2. The average molecular weight is 2100 g/mol. The summed E-state index contributed by atoms with van der Waals surface area (Å²) in [5.74, 6) is 22.5. The van der Waals surface area contributed by atoms with Crippen LogP contribution in [0.1, 0.15) is 422 Å². The van der Waals surface area contributed by atoms with E-state index in [1.54, 1.807) is 24.1 Å². The van der Waals surface area contributed by atoms with Crippen molar-refractivity contribution in [3.05, 3.63) is 137 Å². The number of nitrogens with zero attached hydrogens (tertiary/aromatic N) is 9. The molecule has 0 saturated carbocycles. The van der Waals surface area contributed by atoms with E-state index in [1.807, 2.05) is 135 Å². The number of hydrogen-bond donors (Lipinski definition) is 0. The molecule has 0 bridgehead atoms. The second-order valence-electron chi connectivity index (χ2n) is 54.6. The zero-order valence-electron chi connectivity index (χ0n) is 96.7. The van der Waals surface area contributed by atoms with Gasteiger partial charge in [0.1, 0.15) is 24.0 Å². The van der Waals surface area contributed by atoms with Crippen molar-refractivity contribution >= 4 is 128 Å². The van der Waals surface area contributed by atoms with E-state index in [0.717, 1.165) is 121 Å². The molecule has 8 aromatic heterocycles. The molecular formula is C113H203N9O4S11. The molecular weight excluding hydrogens is 1900 g/mol. The standard InChI is InChI=1S/C15H28N2S.4C14H25NOS.3C14H25NS2/c1-14(2,3)11-18-9-8-12-10-13(15(4,5)6)17(7)16-12;1-13(2,3)10-17-8-7-12-15-11(9-16-12)14(4,5)6;1-13(2,3)10-17-8-7-12-15-9-11(16-12)14(4,5)6;1-13(2,3)10-17-8-7-12-11(9-16-15-12)14(4,5)6;1-13(2,3)10-17-8-7-11-9-12(16-15-11)14(4,5)6;1-13(2,3)10-16-8-7-12-15-11(9-17-12)14(4,5)6;1-13(2,3)10-16-8-7-12-15-9-11(17-12)14(4,5)6;1-13(2,3)10-16-8-7-12-11(9-17-15-12)14(4,5)6/h10H,8-9,11H2,1-7H3;7*9H,7-8,10H2,1-6H3. The van der Waals surface area contributed by atoms with E-state index in [1.165, 1.54) is 112 Å². The van der Waals surface area contributed by atoms with Gasteiger partial charge in [-0.3, -0.25) is 4.68 Å². The number of hydrogen-bond acceptors (Lipinski definition) is 23. The Morgan fingerprint density at radius 1 is 0.321 bits per heavy atom. The summed E-state index contributed by atoms with van der Waals surface area (Å²) < 4.78 is 28.3. The molecule has 0 atom stereocenters. The third-order valence-electron chi connectivity index (χ3n) is 19.2. The third kappa shape index (κ3) is 66.6. The van der Waals surface area contributed by atoms with Gasteiger partial charge >= 0.3 is 0 Å². The quantitative estimate of drug-likeness (QED) is 0.0366. The Bertz CT molecular complexity index is 4010. The molecule has 13 nitrogen and oxygen atoms in total. The van der Waals surface area contributed by atoms with E-state index >= 15 is 0 Å². The number of oxazole rings is 2. The predicted molar refractivity (Wildman–Crippen MR) is 629 cm³/mol. The molecule has 8 rings (SSSR count). The van der Waals surface area contributed by atoms with Gasteiger partial charge in [0.05, 0.1) is 50.4 Å². The summed E-state index contributed by atoms with van der Waals surface area (Å²) >= 11 is 21.4. The van der Waals surface area contributed by atoms with Crippen LogP contribution in [0.3, 0.4) is 0 Å². The molecule has 0 aliphatic carbocycles. The van der Waals surface area contributed by atoms with Crippen molar-refractivity contribution in [3.63, 3.8) is 0 Å². The molecule has 0 aliphatic rings. The normalized spacial score (nSPS) is 13.1. The highest BCUT2D eigenvalue weighted by molar-refractivity contribution is 8.00. The fourth-order valence-electron chi connectivity index (χ4n) is 11.7. The fraction of sp³-hybridized carbons (Fsp3) is 0.788. The molecule has 8 aromatic rings. The van der Waals surface area contributed by atoms with Crippen LogP contribution in [-0.2, 0) is 102 Å². The van der Waals surface area contributed by atoms with Gasteiger partial charge in [-0.05, 0) is 163 Å². The van der Waals surface area contributed by atoms with E-state index in [0.29, 0.717) is 43.3 Å². The Balaban J connectivity index is 0.000000783. The summed E-state index contributed by atoms with van der Waals surface area (Å²) in [7, 11) is 2.05. The lowest BCUT2D eigenvalue weighted by molar-refractivity contribution is 0.326. The molecule has 8 heterocycles. The molecule has 0 aliphatic heterocycles. The maximum Gasteiger partial charge on any atom is 0.195 e. The molecule has 24 heteroatoms. The van der Waals surface area contributed by atoms with Gasteiger partial charge in [0.2, 0.25) is 0 Å². The molecule has 0 saturated heterocycles. The first kappa shape index (κ1) is 133. The van der Waals surface area contributed by atoms with Crippen LogP contribution >= 0.6 is 128 Å². The number of rotatable bonds is 32. The Labute approximate surface area is 889 Å². The van der Waals surface area contributed by atoms with Gasteiger partial charge in [0, 0.05) is 136 Å². The van der Waals surface area contributed by atoms with Crippen LogP contribution in [0, 0.1) is 43.3 Å². The summed E-state index contributed by atoms with van der Waals surface area (Å²) in [6, 6.07) is 4.36. The van der Waals surface area contributed by atoms with Crippen molar-refractivity contribution in [2.75, 3.05) is 92.0 Å². The van der Waals surface area contributed by atoms with Crippen molar-refractivity contribution in [3.8, 4) is 0 Å². The van der Waals surface area contributed by atoms with Crippen molar-refractivity contribution in [1.82, 2.24) is 44.4 Å². The lowest BCUT2D eigenvalue weighted by Crippen LogP contribution is -2.16. The molecule has 0 spiro atoms. The third-order valence-corrected chi connectivity index (χ3v) is 34.8. The molecule has 0 amide bonds. The van der Waals surface area contributed by atoms with Crippen molar-refractivity contribution in [2.45, 2.75) is 427 Å². The van der Waals surface area contributed by atoms with Crippen LogP contribution in [0.5, 0.6) is 0 Å². The topological polar surface area (TPSA) is 161 Å². The second kappa shape index (κ2) is 59.1. The summed E-state index contributed by atoms with van der Waals surface area (Å²) in [6.07, 6.45) is 15.8. The lowest BCUT2D eigenvalue weighted by Gasteiger charge is -2.19. The van der Waals surface area contributed by atoms with E-state index in [2.05, 4.69) is 396 Å². The summed E-state index contributed by atoms with van der Waals surface area (Å²) in [5, 5.41) is 19.9. The first-order valence-corrected chi connectivity index (χ1v) is 62.0. The number of thiazole rings is 2. The van der Waals surface area contributed by atoms with Gasteiger partial charge < -0.3 is 17.9 Å². The minimum atomic E-state index is 0.0593. The number of aromatic nitrogens is 9. The van der Waals surface area contributed by atoms with Crippen LogP contribution in [-0.4, -0.2) is 136 Å². The summed E-state index contributed by atoms with van der Waals surface area (Å²) in [4.78, 5) is 19.5. The van der Waals surface area contributed by atoms with Crippen LogP contribution in [0.4, 0.5) is 0 Å². The molecule has 137 heavy (non-hydrogen) atoms. The van der Waals surface area contributed by atoms with Crippen molar-refractivity contribution in [1.29, 1.82) is 0 Å².